The highest BCUT2D eigenvalue weighted by atomic mass is 127. The second-order valence-electron chi connectivity index (χ2n) is 2.43. The maximum Gasteiger partial charge on any atom is 0.129 e. The molecule has 0 aliphatic heterocycles. The predicted molar refractivity (Wildman–Crippen MR) is 67.4 cm³/mol. The summed E-state index contributed by atoms with van der Waals surface area (Å²) >= 11 is 2.15. The van der Waals surface area contributed by atoms with E-state index in [0.717, 1.165) is 12.8 Å². The second kappa shape index (κ2) is 18.0. The van der Waals surface area contributed by atoms with Gasteiger partial charge in [0.05, 0.1) is 6.10 Å². The highest BCUT2D eigenvalue weighted by molar-refractivity contribution is 14.1. The molecule has 0 rings (SSSR count). The second-order valence-corrected chi connectivity index (χ2v) is 2.43. The van der Waals surface area contributed by atoms with Crippen molar-refractivity contribution in [2.45, 2.75) is 39.7 Å². The lowest BCUT2D eigenvalue weighted by Gasteiger charge is -1.84. The Morgan fingerprint density at radius 3 is 1.92 bits per heavy atom. The zero-order chi connectivity index (χ0) is 11.3. The molecule has 1 unspecified atom stereocenters. The van der Waals surface area contributed by atoms with Gasteiger partial charge in [0.1, 0.15) is 5.78 Å². The van der Waals surface area contributed by atoms with Crippen molar-refractivity contribution in [1.82, 2.24) is 0 Å². The first-order chi connectivity index (χ1) is 6.04. The summed E-state index contributed by atoms with van der Waals surface area (Å²) in [6, 6.07) is 0. The van der Waals surface area contributed by atoms with E-state index >= 15 is 0 Å². The Kier molecular flexibility index (Phi) is 26.0. The van der Waals surface area contributed by atoms with Gasteiger partial charge in [-0.25, -0.2) is 0 Å². The monoisotopic (exact) mass is 300 g/mol. The summed E-state index contributed by atoms with van der Waals surface area (Å²) in [6.45, 7) is 8.59. The molecule has 0 heterocycles. The maximum atomic E-state index is 10.0. The highest BCUT2D eigenvalue weighted by Gasteiger charge is 1.83. The minimum atomic E-state index is -0.352. The molecule has 1 N–H and O–H groups in total. The van der Waals surface area contributed by atoms with Crippen LogP contribution in [0.3, 0.4) is 0 Å². The molecule has 0 aliphatic rings. The zero-order valence-corrected chi connectivity index (χ0v) is 11.2. The van der Waals surface area contributed by atoms with E-state index in [2.05, 4.69) is 29.2 Å². The van der Waals surface area contributed by atoms with Crippen LogP contribution in [0.5, 0.6) is 0 Å². The normalized spacial score (nSPS) is 9.69. The van der Waals surface area contributed by atoms with Crippen LogP contribution in [0.25, 0.3) is 0 Å². The van der Waals surface area contributed by atoms with Crippen LogP contribution in [0.15, 0.2) is 12.7 Å². The molecule has 0 aliphatic carbocycles. The summed E-state index contributed by atoms with van der Waals surface area (Å²) in [7, 11) is 0. The van der Waals surface area contributed by atoms with Gasteiger partial charge in [-0.1, -0.05) is 35.6 Å². The lowest BCUT2D eigenvalue weighted by molar-refractivity contribution is -0.117. The fourth-order valence-electron chi connectivity index (χ4n) is 0.352. The molecule has 0 amide bonds. The molecule has 0 aromatic rings. The summed E-state index contributed by atoms with van der Waals surface area (Å²) < 4.78 is 0. The van der Waals surface area contributed by atoms with Crippen molar-refractivity contribution in [1.29, 1.82) is 0 Å². The van der Waals surface area contributed by atoms with Crippen LogP contribution in [0.1, 0.15) is 33.6 Å². The Bertz CT molecular complexity index is 111. The molecule has 0 aromatic carbocycles. The Morgan fingerprint density at radius 1 is 1.62 bits per heavy atom. The van der Waals surface area contributed by atoms with Crippen LogP contribution in [0.2, 0.25) is 0 Å². The molecule has 0 aromatic heterocycles. The number of rotatable bonds is 3. The number of hydrogen-bond donors (Lipinski definition) is 1. The van der Waals surface area contributed by atoms with E-state index in [-0.39, 0.29) is 11.9 Å². The SMILES string of the molecule is C=CC(C)O.CCCC(C)=O.CI. The number of aliphatic hydroxyl groups excluding tert-OH is 1. The summed E-state index contributed by atoms with van der Waals surface area (Å²) in [5.41, 5.74) is 0. The third-order valence-corrected chi connectivity index (χ3v) is 0.943. The van der Waals surface area contributed by atoms with Gasteiger partial charge in [-0.3, -0.25) is 0 Å². The zero-order valence-electron chi connectivity index (χ0n) is 9.01. The van der Waals surface area contributed by atoms with E-state index in [0.29, 0.717) is 0 Å². The van der Waals surface area contributed by atoms with Crippen molar-refractivity contribution in [2.24, 2.45) is 0 Å². The van der Waals surface area contributed by atoms with Crippen LogP contribution < -0.4 is 0 Å². The van der Waals surface area contributed by atoms with Crippen LogP contribution in [-0.2, 0) is 4.79 Å². The molecule has 0 radical (unpaired) electrons. The first-order valence-corrected chi connectivity index (χ1v) is 6.38. The molecule has 80 valence electrons. The first kappa shape index (κ1) is 18.8. The number of aliphatic hydroxyl groups is 1. The van der Waals surface area contributed by atoms with Crippen molar-refractivity contribution < 1.29 is 9.90 Å². The minimum Gasteiger partial charge on any atom is -0.389 e. The average Bonchev–Trinajstić information content (AvgIpc) is 2.09. The van der Waals surface area contributed by atoms with Gasteiger partial charge in [-0.05, 0) is 25.2 Å². The molecular weight excluding hydrogens is 279 g/mol. The first-order valence-electron chi connectivity index (χ1n) is 4.22. The topological polar surface area (TPSA) is 37.3 Å². The quantitative estimate of drug-likeness (QED) is 0.494. The number of carbonyl (C=O) groups is 1. The number of carbonyl (C=O) groups excluding carboxylic acids is 1. The number of hydrogen-bond acceptors (Lipinski definition) is 2. The fourth-order valence-corrected chi connectivity index (χ4v) is 0.352. The van der Waals surface area contributed by atoms with Gasteiger partial charge >= 0.3 is 0 Å². The Labute approximate surface area is 95.6 Å². The van der Waals surface area contributed by atoms with Crippen LogP contribution >= 0.6 is 22.6 Å². The summed E-state index contributed by atoms with van der Waals surface area (Å²) in [5, 5.41) is 8.24. The molecule has 2 nitrogen and oxygen atoms in total. The molecule has 13 heavy (non-hydrogen) atoms. The highest BCUT2D eigenvalue weighted by Crippen LogP contribution is 1.84. The van der Waals surface area contributed by atoms with E-state index in [1.165, 1.54) is 6.08 Å². The van der Waals surface area contributed by atoms with Gasteiger partial charge in [0, 0.05) is 6.42 Å². The van der Waals surface area contributed by atoms with E-state index in [1.54, 1.807) is 13.8 Å². The van der Waals surface area contributed by atoms with E-state index in [4.69, 9.17) is 5.11 Å². The third-order valence-electron chi connectivity index (χ3n) is 0.943. The fraction of sp³-hybridized carbons (Fsp3) is 0.700. The smallest absolute Gasteiger partial charge is 0.129 e. The number of alkyl halides is 1. The Morgan fingerprint density at radius 2 is 1.92 bits per heavy atom. The molecule has 0 saturated heterocycles. The van der Waals surface area contributed by atoms with E-state index < -0.39 is 0 Å². The summed E-state index contributed by atoms with van der Waals surface area (Å²) in [4.78, 5) is 12.0. The van der Waals surface area contributed by atoms with Crippen LogP contribution in [0.4, 0.5) is 0 Å². The van der Waals surface area contributed by atoms with Crippen molar-refractivity contribution in [3.8, 4) is 0 Å². The van der Waals surface area contributed by atoms with Gasteiger partial charge in [0.15, 0.2) is 0 Å². The molecule has 0 fully saturated rings. The standard InChI is InChI=1S/C5H10O.C4H8O.CH3I/c1-3-4-5(2)6;1-3-4(2)5;1-2/h3-4H2,1-2H3;3-5H,1H2,2H3;1H3. The summed E-state index contributed by atoms with van der Waals surface area (Å²) in [5.74, 6) is 0.289. The van der Waals surface area contributed by atoms with Gasteiger partial charge in [-0.15, -0.1) is 6.58 Å². The largest absolute Gasteiger partial charge is 0.389 e. The maximum absolute atomic E-state index is 10.0. The van der Waals surface area contributed by atoms with E-state index in [1.807, 2.05) is 11.9 Å². The molecular formula is C10H21IO2. The lowest BCUT2D eigenvalue weighted by Crippen LogP contribution is -1.88. The molecule has 0 saturated carbocycles. The predicted octanol–water partition coefficient (Wildman–Crippen LogP) is 2.98. The molecule has 0 bridgehead atoms. The molecule has 3 heteroatoms. The number of ketones is 1. The Balaban J connectivity index is -0.000000131. The van der Waals surface area contributed by atoms with Crippen molar-refractivity contribution in [3.05, 3.63) is 12.7 Å². The molecule has 0 spiro atoms. The van der Waals surface area contributed by atoms with Gasteiger partial charge < -0.3 is 9.90 Å². The van der Waals surface area contributed by atoms with Crippen molar-refractivity contribution >= 4 is 28.4 Å². The average molecular weight is 300 g/mol. The van der Waals surface area contributed by atoms with Gasteiger partial charge in [0.2, 0.25) is 0 Å². The van der Waals surface area contributed by atoms with Gasteiger partial charge in [0.25, 0.3) is 0 Å². The molecule has 1 atom stereocenters. The minimum absolute atomic E-state index is 0.289. The lowest BCUT2D eigenvalue weighted by atomic mass is 10.3. The summed E-state index contributed by atoms with van der Waals surface area (Å²) in [6.07, 6.45) is 2.84. The van der Waals surface area contributed by atoms with Crippen LogP contribution in [-0.4, -0.2) is 21.9 Å². The number of halogens is 1. The van der Waals surface area contributed by atoms with Crippen LogP contribution in [0, 0.1) is 0 Å². The third kappa shape index (κ3) is 47.5. The van der Waals surface area contributed by atoms with Crippen molar-refractivity contribution in [2.75, 3.05) is 4.93 Å². The van der Waals surface area contributed by atoms with Gasteiger partial charge in [-0.2, -0.15) is 0 Å². The Hall–Kier alpha value is 0.100. The van der Waals surface area contributed by atoms with E-state index in [9.17, 15) is 4.79 Å². The van der Waals surface area contributed by atoms with Crippen molar-refractivity contribution in [3.63, 3.8) is 0 Å². The number of Topliss-reactive ketones (excluding diaryl/α,β-unsaturated/α-hetero) is 1.